The Labute approximate surface area is 83.4 Å². The maximum absolute atomic E-state index is 8.24. The van der Waals surface area contributed by atoms with Gasteiger partial charge in [0, 0.05) is 6.61 Å². The molecular formula is C6H11NaO3. The molecule has 4 heteroatoms. The Balaban J connectivity index is -0.000000107. The van der Waals surface area contributed by atoms with Gasteiger partial charge in [-0.05, 0) is 6.92 Å². The summed E-state index contributed by atoms with van der Waals surface area (Å²) < 4.78 is 4.86. The van der Waals surface area contributed by atoms with Gasteiger partial charge < -0.3 is 14.6 Å². The predicted octanol–water partition coefficient (Wildman–Crippen LogP) is -2.18. The first-order valence-electron chi connectivity index (χ1n) is 2.53. The van der Waals surface area contributed by atoms with E-state index in [0.717, 1.165) is 6.61 Å². The number of hydrogen-bond acceptors (Lipinski definition) is 2. The Morgan fingerprint density at radius 3 is 2.30 bits per heavy atom. The van der Waals surface area contributed by atoms with Crippen molar-refractivity contribution < 1.29 is 44.2 Å². The summed E-state index contributed by atoms with van der Waals surface area (Å²) >= 11 is 0. The van der Waals surface area contributed by atoms with Crippen LogP contribution >= 0.6 is 0 Å². The predicted molar refractivity (Wildman–Crippen MR) is 35.0 cm³/mol. The average Bonchev–Trinajstić information content (AvgIpc) is 1.86. The van der Waals surface area contributed by atoms with E-state index in [-0.39, 0.29) is 29.6 Å². The van der Waals surface area contributed by atoms with E-state index in [9.17, 15) is 0 Å². The van der Waals surface area contributed by atoms with Gasteiger partial charge in [0.05, 0.1) is 6.61 Å². The van der Waals surface area contributed by atoms with Gasteiger partial charge in [-0.25, -0.2) is 0 Å². The van der Waals surface area contributed by atoms with Crippen LogP contribution in [0.5, 0.6) is 0 Å². The zero-order valence-corrected chi connectivity index (χ0v) is 8.46. The van der Waals surface area contributed by atoms with Gasteiger partial charge >= 0.3 is 29.6 Å². The Morgan fingerprint density at radius 1 is 1.80 bits per heavy atom. The van der Waals surface area contributed by atoms with Crippen molar-refractivity contribution in [1.82, 2.24) is 0 Å². The molecule has 0 aliphatic carbocycles. The molecule has 1 N–H and O–H groups in total. The van der Waals surface area contributed by atoms with Crippen LogP contribution in [-0.2, 0) is 9.53 Å². The van der Waals surface area contributed by atoms with E-state index in [1.165, 1.54) is 0 Å². The van der Waals surface area contributed by atoms with Crippen molar-refractivity contribution in [3.05, 3.63) is 12.7 Å². The summed E-state index contributed by atoms with van der Waals surface area (Å²) in [6.07, 6.45) is 1.74. The smallest absolute Gasteiger partial charge is 0.665 e. The maximum Gasteiger partial charge on any atom is 1.00 e. The van der Waals surface area contributed by atoms with E-state index in [4.69, 9.17) is 14.6 Å². The summed E-state index contributed by atoms with van der Waals surface area (Å²) in [5.41, 5.74) is 0. The zero-order valence-electron chi connectivity index (χ0n) is 6.46. The van der Waals surface area contributed by atoms with E-state index in [2.05, 4.69) is 6.58 Å². The van der Waals surface area contributed by atoms with Crippen LogP contribution in [0, 0.1) is 0 Å². The molecule has 0 aromatic heterocycles. The second kappa shape index (κ2) is 22.9. The SMILES string of the molecule is C=CCOCC.O=[C-]O.[Na+]. The third-order valence-corrected chi connectivity index (χ3v) is 0.440. The first-order chi connectivity index (χ1) is 4.33. The van der Waals surface area contributed by atoms with Crippen LogP contribution in [0.4, 0.5) is 0 Å². The molecule has 0 aliphatic heterocycles. The second-order valence-corrected chi connectivity index (χ2v) is 1.04. The van der Waals surface area contributed by atoms with E-state index in [0.29, 0.717) is 13.1 Å². The Morgan fingerprint density at radius 2 is 2.20 bits per heavy atom. The van der Waals surface area contributed by atoms with Crippen LogP contribution in [0.1, 0.15) is 6.92 Å². The van der Waals surface area contributed by atoms with Gasteiger partial charge in [-0.2, -0.15) is 0 Å². The number of rotatable bonds is 3. The molecule has 0 unspecified atom stereocenters. The Bertz CT molecular complexity index is 66.0. The summed E-state index contributed by atoms with van der Waals surface area (Å²) in [6.45, 7) is 7.40. The monoisotopic (exact) mass is 154 g/mol. The molecule has 0 saturated heterocycles. The van der Waals surface area contributed by atoms with Gasteiger partial charge in [0.15, 0.2) is 0 Å². The van der Waals surface area contributed by atoms with Gasteiger partial charge in [-0.3, -0.25) is 0 Å². The second-order valence-electron chi connectivity index (χ2n) is 1.04. The van der Waals surface area contributed by atoms with E-state index in [1.807, 2.05) is 6.92 Å². The Kier molecular flexibility index (Phi) is 38.1. The van der Waals surface area contributed by atoms with Crippen LogP contribution in [-0.4, -0.2) is 24.8 Å². The van der Waals surface area contributed by atoms with Crippen molar-refractivity contribution >= 4 is 6.47 Å². The molecule has 0 heterocycles. The third-order valence-electron chi connectivity index (χ3n) is 0.440. The summed E-state index contributed by atoms with van der Waals surface area (Å²) in [6, 6.07) is 0. The largest absolute Gasteiger partial charge is 1.00 e. The van der Waals surface area contributed by atoms with Crippen LogP contribution in [0.3, 0.4) is 0 Å². The van der Waals surface area contributed by atoms with Crippen LogP contribution in [0.25, 0.3) is 0 Å². The minimum atomic E-state index is 0. The van der Waals surface area contributed by atoms with Gasteiger partial charge in [0.2, 0.25) is 0 Å². The van der Waals surface area contributed by atoms with Crippen molar-refractivity contribution in [3.8, 4) is 0 Å². The molecule has 0 rings (SSSR count). The van der Waals surface area contributed by atoms with E-state index in [1.54, 1.807) is 6.08 Å². The van der Waals surface area contributed by atoms with Crippen LogP contribution < -0.4 is 29.6 Å². The van der Waals surface area contributed by atoms with Crippen LogP contribution in [0.15, 0.2) is 12.7 Å². The number of aliphatic hydroxyl groups excluding tert-OH is 1. The molecule has 0 aromatic carbocycles. The molecule has 0 aliphatic rings. The molecule has 54 valence electrons. The van der Waals surface area contributed by atoms with Crippen LogP contribution in [0.2, 0.25) is 0 Å². The van der Waals surface area contributed by atoms with E-state index < -0.39 is 0 Å². The van der Waals surface area contributed by atoms with Crippen molar-refractivity contribution in [2.75, 3.05) is 13.2 Å². The Hall–Kier alpha value is 0.170. The molecule has 0 bridgehead atoms. The zero-order chi connectivity index (χ0) is 7.54. The first-order valence-corrected chi connectivity index (χ1v) is 2.53. The molecule has 0 radical (unpaired) electrons. The van der Waals surface area contributed by atoms with Crippen molar-refractivity contribution in [3.63, 3.8) is 0 Å². The van der Waals surface area contributed by atoms with E-state index >= 15 is 0 Å². The standard InChI is InChI=1S/C5H10O.CHO2.Na/c1-3-5-6-4-2;2-1-3;/h3H,1,4-5H2,2H3;(H,2,3);/q;-1;+1. The number of hydrogen-bond donors (Lipinski definition) is 1. The summed E-state index contributed by atoms with van der Waals surface area (Å²) in [5, 5.41) is 6.76. The molecule has 3 nitrogen and oxygen atoms in total. The fraction of sp³-hybridized carbons (Fsp3) is 0.500. The molecule has 0 saturated carbocycles. The van der Waals surface area contributed by atoms with Gasteiger partial charge in [0.1, 0.15) is 0 Å². The minimum absolute atomic E-state index is 0. The van der Waals surface area contributed by atoms with Gasteiger partial charge in [-0.15, -0.1) is 6.58 Å². The van der Waals surface area contributed by atoms with Gasteiger partial charge in [0.25, 0.3) is 0 Å². The third kappa shape index (κ3) is 41.8. The fourth-order valence-electron chi connectivity index (χ4n) is 0.201. The quantitative estimate of drug-likeness (QED) is 0.218. The van der Waals surface area contributed by atoms with Crippen molar-refractivity contribution in [2.45, 2.75) is 6.92 Å². The van der Waals surface area contributed by atoms with Crippen molar-refractivity contribution in [1.29, 1.82) is 0 Å². The first kappa shape index (κ1) is 16.6. The molecule has 10 heavy (non-hydrogen) atoms. The molecule has 0 aromatic rings. The summed E-state index contributed by atoms with van der Waals surface area (Å²) in [5.74, 6) is 0. The fourth-order valence-corrected chi connectivity index (χ4v) is 0.201. The van der Waals surface area contributed by atoms with Crippen molar-refractivity contribution in [2.24, 2.45) is 0 Å². The average molecular weight is 154 g/mol. The minimum Gasteiger partial charge on any atom is -0.665 e. The normalized spacial score (nSPS) is 6.10. The molecule has 0 amide bonds. The molecule has 0 atom stereocenters. The molecular weight excluding hydrogens is 143 g/mol. The maximum atomic E-state index is 8.24. The summed E-state index contributed by atoms with van der Waals surface area (Å²) in [4.78, 5) is 8.24. The molecule has 0 fully saturated rings. The summed E-state index contributed by atoms with van der Waals surface area (Å²) in [7, 11) is 0. The van der Waals surface area contributed by atoms with Gasteiger partial charge in [-0.1, -0.05) is 12.5 Å². The molecule has 0 spiro atoms. The number of ether oxygens (including phenoxy) is 1. The topological polar surface area (TPSA) is 46.5 Å².